The van der Waals surface area contributed by atoms with E-state index in [1.54, 1.807) is 18.2 Å². The Morgan fingerprint density at radius 1 is 1.16 bits per heavy atom. The molecule has 1 aromatic rings. The van der Waals surface area contributed by atoms with Crippen molar-refractivity contribution in [3.05, 3.63) is 53.5 Å². The quantitative estimate of drug-likeness (QED) is 0.850. The maximum atomic E-state index is 12.1. The van der Waals surface area contributed by atoms with Gasteiger partial charge in [-0.3, -0.25) is 4.79 Å². The van der Waals surface area contributed by atoms with Gasteiger partial charge in [0.25, 0.3) is 15.9 Å². The summed E-state index contributed by atoms with van der Waals surface area (Å²) in [6.45, 7) is 0.229. The van der Waals surface area contributed by atoms with E-state index in [1.807, 2.05) is 18.2 Å². The van der Waals surface area contributed by atoms with Gasteiger partial charge in [0.15, 0.2) is 0 Å². The SMILES string of the molecule is O=C1C=CCCCN1S(=O)(=O)C=Cc1ccccc1. The number of rotatable bonds is 3. The smallest absolute Gasteiger partial charge is 0.259 e. The van der Waals surface area contributed by atoms with Gasteiger partial charge in [0.05, 0.1) is 5.41 Å². The normalized spacial score (nSPS) is 16.8. The van der Waals surface area contributed by atoms with Crippen LogP contribution in [0.5, 0.6) is 0 Å². The minimum atomic E-state index is -3.70. The Labute approximate surface area is 113 Å². The number of benzene rings is 1. The molecule has 2 rings (SSSR count). The molecular formula is C14H15NO3S. The minimum Gasteiger partial charge on any atom is -0.269 e. The first-order valence-electron chi connectivity index (χ1n) is 6.06. The lowest BCUT2D eigenvalue weighted by molar-refractivity contribution is -0.121. The minimum absolute atomic E-state index is 0.229. The lowest BCUT2D eigenvalue weighted by Crippen LogP contribution is -2.34. The van der Waals surface area contributed by atoms with Crippen molar-refractivity contribution in [1.29, 1.82) is 0 Å². The second-order valence-electron chi connectivity index (χ2n) is 4.21. The van der Waals surface area contributed by atoms with E-state index in [4.69, 9.17) is 0 Å². The van der Waals surface area contributed by atoms with Crippen molar-refractivity contribution in [2.45, 2.75) is 12.8 Å². The molecule has 1 aliphatic heterocycles. The fourth-order valence-electron chi connectivity index (χ4n) is 1.79. The summed E-state index contributed by atoms with van der Waals surface area (Å²) in [4.78, 5) is 11.7. The highest BCUT2D eigenvalue weighted by Gasteiger charge is 2.23. The maximum Gasteiger partial charge on any atom is 0.259 e. The highest BCUT2D eigenvalue weighted by molar-refractivity contribution is 7.92. The summed E-state index contributed by atoms with van der Waals surface area (Å²) in [5.74, 6) is -0.477. The van der Waals surface area contributed by atoms with E-state index in [9.17, 15) is 13.2 Å². The van der Waals surface area contributed by atoms with Crippen LogP contribution in [0.15, 0.2) is 47.9 Å². The van der Waals surface area contributed by atoms with E-state index in [-0.39, 0.29) is 6.54 Å². The van der Waals surface area contributed by atoms with E-state index in [0.717, 1.165) is 21.7 Å². The Morgan fingerprint density at radius 2 is 1.89 bits per heavy atom. The lowest BCUT2D eigenvalue weighted by atomic mass is 10.2. The molecule has 0 bridgehead atoms. The van der Waals surface area contributed by atoms with Crippen LogP contribution in [-0.4, -0.2) is 25.2 Å². The Balaban J connectivity index is 2.20. The number of hydrogen-bond donors (Lipinski definition) is 0. The first-order valence-corrected chi connectivity index (χ1v) is 7.56. The summed E-state index contributed by atoms with van der Waals surface area (Å²) in [6, 6.07) is 9.11. The summed E-state index contributed by atoms with van der Waals surface area (Å²) in [6.07, 6.45) is 5.90. The third-order valence-corrected chi connectivity index (χ3v) is 4.23. The number of carbonyl (C=O) groups is 1. The molecule has 0 spiro atoms. The standard InChI is InChI=1S/C14H15NO3S/c16-14-9-5-2-6-11-15(14)19(17,18)12-10-13-7-3-1-4-8-13/h1,3-5,7-10,12H,2,6,11H2. The fourth-order valence-corrected chi connectivity index (χ4v) is 2.96. The lowest BCUT2D eigenvalue weighted by Gasteiger charge is -2.17. The van der Waals surface area contributed by atoms with Crippen LogP contribution >= 0.6 is 0 Å². The van der Waals surface area contributed by atoms with E-state index in [2.05, 4.69) is 0 Å². The molecule has 1 heterocycles. The molecule has 0 aliphatic carbocycles. The highest BCUT2D eigenvalue weighted by Crippen LogP contribution is 2.13. The van der Waals surface area contributed by atoms with Gasteiger partial charge in [0.2, 0.25) is 0 Å². The van der Waals surface area contributed by atoms with Gasteiger partial charge in [-0.05, 0) is 24.5 Å². The number of sulfonamides is 1. The predicted molar refractivity (Wildman–Crippen MR) is 74.5 cm³/mol. The van der Waals surface area contributed by atoms with Gasteiger partial charge in [-0.2, -0.15) is 0 Å². The monoisotopic (exact) mass is 277 g/mol. The number of nitrogens with zero attached hydrogens (tertiary/aromatic N) is 1. The first kappa shape index (κ1) is 13.5. The number of hydrogen-bond acceptors (Lipinski definition) is 3. The molecule has 0 N–H and O–H groups in total. The molecule has 100 valence electrons. The summed E-state index contributed by atoms with van der Waals surface area (Å²) >= 11 is 0. The van der Waals surface area contributed by atoms with Crippen molar-refractivity contribution in [2.24, 2.45) is 0 Å². The molecule has 0 radical (unpaired) electrons. The van der Waals surface area contributed by atoms with Crippen LogP contribution in [0.4, 0.5) is 0 Å². The molecule has 1 aromatic carbocycles. The topological polar surface area (TPSA) is 54.5 Å². The number of carbonyl (C=O) groups excluding carboxylic acids is 1. The zero-order chi connectivity index (χ0) is 13.7. The number of allylic oxidation sites excluding steroid dienone is 1. The fraction of sp³-hybridized carbons (Fsp3) is 0.214. The van der Waals surface area contributed by atoms with Crippen LogP contribution in [-0.2, 0) is 14.8 Å². The van der Waals surface area contributed by atoms with Gasteiger partial charge >= 0.3 is 0 Å². The highest BCUT2D eigenvalue weighted by atomic mass is 32.2. The third-order valence-electron chi connectivity index (χ3n) is 2.78. The molecule has 4 nitrogen and oxygen atoms in total. The maximum absolute atomic E-state index is 12.1. The molecule has 0 saturated heterocycles. The van der Waals surface area contributed by atoms with Crippen LogP contribution in [0.3, 0.4) is 0 Å². The van der Waals surface area contributed by atoms with Gasteiger partial charge < -0.3 is 0 Å². The van der Waals surface area contributed by atoms with Crippen LogP contribution < -0.4 is 0 Å². The first-order chi connectivity index (χ1) is 9.09. The van der Waals surface area contributed by atoms with Gasteiger partial charge in [0.1, 0.15) is 0 Å². The van der Waals surface area contributed by atoms with E-state index in [0.29, 0.717) is 6.42 Å². The molecular weight excluding hydrogens is 262 g/mol. The van der Waals surface area contributed by atoms with Crippen molar-refractivity contribution < 1.29 is 13.2 Å². The second kappa shape index (κ2) is 5.84. The van der Waals surface area contributed by atoms with E-state index < -0.39 is 15.9 Å². The van der Waals surface area contributed by atoms with Crippen molar-refractivity contribution in [2.75, 3.05) is 6.54 Å². The zero-order valence-electron chi connectivity index (χ0n) is 10.4. The molecule has 19 heavy (non-hydrogen) atoms. The van der Waals surface area contributed by atoms with E-state index >= 15 is 0 Å². The molecule has 1 aliphatic rings. The van der Waals surface area contributed by atoms with Crippen molar-refractivity contribution in [3.63, 3.8) is 0 Å². The second-order valence-corrected chi connectivity index (χ2v) is 5.96. The molecule has 0 aromatic heterocycles. The molecule has 0 atom stereocenters. The van der Waals surface area contributed by atoms with Crippen LogP contribution in [0.2, 0.25) is 0 Å². The predicted octanol–water partition coefficient (Wildman–Crippen LogP) is 2.17. The largest absolute Gasteiger partial charge is 0.269 e. The van der Waals surface area contributed by atoms with E-state index in [1.165, 1.54) is 12.2 Å². The Morgan fingerprint density at radius 3 is 2.63 bits per heavy atom. The van der Waals surface area contributed by atoms with Gasteiger partial charge in [-0.25, -0.2) is 12.7 Å². The molecule has 0 fully saturated rings. The average Bonchev–Trinajstić information content (AvgIpc) is 2.63. The van der Waals surface area contributed by atoms with Crippen molar-refractivity contribution >= 4 is 22.0 Å². The van der Waals surface area contributed by atoms with Crippen LogP contribution in [0.25, 0.3) is 6.08 Å². The molecule has 5 heteroatoms. The van der Waals surface area contributed by atoms with Gasteiger partial charge in [-0.15, -0.1) is 0 Å². The van der Waals surface area contributed by atoms with Gasteiger partial charge in [0, 0.05) is 12.6 Å². The Bertz CT molecular complexity index is 603. The van der Waals surface area contributed by atoms with Crippen LogP contribution in [0, 0.1) is 0 Å². The van der Waals surface area contributed by atoms with Crippen molar-refractivity contribution in [1.82, 2.24) is 4.31 Å². The Hall–Kier alpha value is -1.88. The molecule has 0 unspecified atom stereocenters. The van der Waals surface area contributed by atoms with Crippen molar-refractivity contribution in [3.8, 4) is 0 Å². The Kier molecular flexibility index (Phi) is 4.16. The van der Waals surface area contributed by atoms with Gasteiger partial charge in [-0.1, -0.05) is 36.4 Å². The third kappa shape index (κ3) is 3.54. The molecule has 1 amide bonds. The summed E-state index contributed by atoms with van der Waals surface area (Å²) in [5, 5.41) is 1.08. The summed E-state index contributed by atoms with van der Waals surface area (Å²) < 4.78 is 25.1. The average molecular weight is 277 g/mol. The molecule has 0 saturated carbocycles. The summed E-state index contributed by atoms with van der Waals surface area (Å²) in [7, 11) is -3.70. The van der Waals surface area contributed by atoms with Crippen LogP contribution in [0.1, 0.15) is 18.4 Å². The summed E-state index contributed by atoms with van der Waals surface area (Å²) in [5.41, 5.74) is 0.781. The zero-order valence-corrected chi connectivity index (χ0v) is 11.2. The number of amides is 1.